The molecule has 1 aliphatic rings. The van der Waals surface area contributed by atoms with Crippen molar-refractivity contribution in [1.29, 1.82) is 0 Å². The predicted octanol–water partition coefficient (Wildman–Crippen LogP) is 5.09. The molecule has 1 aliphatic carbocycles. The van der Waals surface area contributed by atoms with Gasteiger partial charge in [0.05, 0.1) is 5.41 Å². The fraction of sp³-hybridized carbons (Fsp3) is 0.273. The monoisotopic (exact) mass is 318 g/mol. The number of allylic oxidation sites excluding steroid dienone is 1. The second-order valence-electron chi connectivity index (χ2n) is 6.51. The molecule has 0 amide bonds. The highest BCUT2D eigenvalue weighted by molar-refractivity contribution is 6.07. The van der Waals surface area contributed by atoms with Gasteiger partial charge < -0.3 is 0 Å². The zero-order chi connectivity index (χ0) is 17.0. The largest absolute Gasteiger partial charge is 0.299 e. The van der Waals surface area contributed by atoms with Crippen molar-refractivity contribution in [3.8, 4) is 11.1 Å². The van der Waals surface area contributed by atoms with Crippen LogP contribution in [0.15, 0.2) is 60.7 Å². The lowest BCUT2D eigenvalue weighted by atomic mass is 9.78. The van der Waals surface area contributed by atoms with Gasteiger partial charge in [0.1, 0.15) is 11.6 Å². The number of hydrogen-bond acceptors (Lipinski definition) is 2. The van der Waals surface area contributed by atoms with Gasteiger partial charge in [-0.05, 0) is 42.9 Å². The van der Waals surface area contributed by atoms with Gasteiger partial charge >= 0.3 is 0 Å². The zero-order valence-electron chi connectivity index (χ0n) is 14.0. The maximum Gasteiger partial charge on any atom is 0.146 e. The van der Waals surface area contributed by atoms with Gasteiger partial charge in [-0.15, -0.1) is 0 Å². The minimum Gasteiger partial charge on any atom is -0.299 e. The summed E-state index contributed by atoms with van der Waals surface area (Å²) in [7, 11) is 0. The molecule has 1 unspecified atom stereocenters. The fourth-order valence-electron chi connectivity index (χ4n) is 3.47. The summed E-state index contributed by atoms with van der Waals surface area (Å²) in [5, 5.41) is 0. The predicted molar refractivity (Wildman–Crippen MR) is 97.5 cm³/mol. The Morgan fingerprint density at radius 1 is 1.04 bits per heavy atom. The van der Waals surface area contributed by atoms with Crippen molar-refractivity contribution in [3.05, 3.63) is 66.2 Å². The molecule has 1 atom stereocenters. The Morgan fingerprint density at radius 2 is 1.71 bits per heavy atom. The Labute approximate surface area is 143 Å². The third-order valence-corrected chi connectivity index (χ3v) is 5.01. The first kappa shape index (κ1) is 16.4. The lowest BCUT2D eigenvalue weighted by Gasteiger charge is -2.22. The summed E-state index contributed by atoms with van der Waals surface area (Å²) < 4.78 is 0. The van der Waals surface area contributed by atoms with Crippen LogP contribution in [0.1, 0.15) is 38.2 Å². The van der Waals surface area contributed by atoms with Crippen LogP contribution < -0.4 is 0 Å². The summed E-state index contributed by atoms with van der Waals surface area (Å²) in [6, 6.07) is 18.6. The van der Waals surface area contributed by atoms with Crippen LogP contribution in [0.4, 0.5) is 0 Å². The second kappa shape index (κ2) is 6.96. The molecule has 2 nitrogen and oxygen atoms in total. The van der Waals surface area contributed by atoms with Crippen LogP contribution in [0, 0.1) is 5.41 Å². The molecule has 0 aliphatic heterocycles. The highest BCUT2D eigenvalue weighted by Crippen LogP contribution is 2.39. The van der Waals surface area contributed by atoms with Gasteiger partial charge in [-0.3, -0.25) is 9.59 Å². The lowest BCUT2D eigenvalue weighted by molar-refractivity contribution is -0.137. The highest BCUT2D eigenvalue weighted by atomic mass is 16.2. The Hall–Kier alpha value is -2.48. The Morgan fingerprint density at radius 3 is 2.29 bits per heavy atom. The first-order valence-electron chi connectivity index (χ1n) is 8.48. The summed E-state index contributed by atoms with van der Waals surface area (Å²) in [5.74, 6) is 0.119. The van der Waals surface area contributed by atoms with Crippen LogP contribution in [-0.2, 0) is 9.59 Å². The number of benzene rings is 2. The van der Waals surface area contributed by atoms with Gasteiger partial charge in [0.25, 0.3) is 0 Å². The van der Waals surface area contributed by atoms with E-state index in [-0.39, 0.29) is 11.6 Å². The van der Waals surface area contributed by atoms with E-state index >= 15 is 0 Å². The molecule has 0 heterocycles. The van der Waals surface area contributed by atoms with E-state index < -0.39 is 5.41 Å². The molecular weight excluding hydrogens is 296 g/mol. The minimum atomic E-state index is -0.763. The molecule has 3 rings (SSSR count). The molecule has 0 saturated heterocycles. The third-order valence-electron chi connectivity index (χ3n) is 5.01. The number of rotatable bonds is 5. The quantitative estimate of drug-likeness (QED) is 0.720. The highest BCUT2D eigenvalue weighted by Gasteiger charge is 2.44. The SMILES string of the molecule is CC(=O)C1(C/C=C/c2ccc(-c3ccccc3)cc2)CCCC1=O. The van der Waals surface area contributed by atoms with Crippen molar-refractivity contribution in [3.63, 3.8) is 0 Å². The van der Waals surface area contributed by atoms with Crippen molar-refractivity contribution in [2.75, 3.05) is 0 Å². The van der Waals surface area contributed by atoms with Gasteiger partial charge in [0.15, 0.2) is 0 Å². The first-order valence-corrected chi connectivity index (χ1v) is 8.48. The van der Waals surface area contributed by atoms with E-state index in [1.807, 2.05) is 30.4 Å². The molecule has 2 heteroatoms. The summed E-state index contributed by atoms with van der Waals surface area (Å²) in [5.41, 5.74) is 2.69. The molecule has 1 saturated carbocycles. The lowest BCUT2D eigenvalue weighted by Crippen LogP contribution is -2.32. The maximum atomic E-state index is 12.1. The van der Waals surface area contributed by atoms with E-state index in [4.69, 9.17) is 0 Å². The molecule has 0 aromatic heterocycles. The maximum absolute atomic E-state index is 12.1. The molecular formula is C22H22O2. The summed E-state index contributed by atoms with van der Waals surface area (Å²) in [6.07, 6.45) is 6.56. The van der Waals surface area contributed by atoms with Crippen molar-refractivity contribution in [1.82, 2.24) is 0 Å². The topological polar surface area (TPSA) is 34.1 Å². The van der Waals surface area contributed by atoms with E-state index in [9.17, 15) is 9.59 Å². The van der Waals surface area contributed by atoms with Gasteiger partial charge in [-0.25, -0.2) is 0 Å². The number of carbonyl (C=O) groups is 2. The Kier molecular flexibility index (Phi) is 4.75. The van der Waals surface area contributed by atoms with E-state index in [1.165, 1.54) is 11.1 Å². The third kappa shape index (κ3) is 3.23. The molecule has 2 aromatic carbocycles. The minimum absolute atomic E-state index is 0.00840. The molecule has 0 spiro atoms. The van der Waals surface area contributed by atoms with E-state index in [1.54, 1.807) is 6.92 Å². The van der Waals surface area contributed by atoms with Gasteiger partial charge in [-0.1, -0.05) is 66.7 Å². The van der Waals surface area contributed by atoms with Crippen LogP contribution in [0.25, 0.3) is 17.2 Å². The smallest absolute Gasteiger partial charge is 0.146 e. The van der Waals surface area contributed by atoms with Gasteiger partial charge in [-0.2, -0.15) is 0 Å². The number of Topliss-reactive ketones (excluding diaryl/α,β-unsaturated/α-hetero) is 2. The zero-order valence-corrected chi connectivity index (χ0v) is 14.0. The summed E-state index contributed by atoms with van der Waals surface area (Å²) >= 11 is 0. The average molecular weight is 318 g/mol. The molecule has 1 fully saturated rings. The number of hydrogen-bond donors (Lipinski definition) is 0. The van der Waals surface area contributed by atoms with Crippen LogP contribution in [0.2, 0.25) is 0 Å². The molecule has 0 bridgehead atoms. The van der Waals surface area contributed by atoms with Crippen molar-refractivity contribution >= 4 is 17.6 Å². The van der Waals surface area contributed by atoms with Crippen molar-refractivity contribution in [2.24, 2.45) is 5.41 Å². The summed E-state index contributed by atoms with van der Waals surface area (Å²) in [4.78, 5) is 24.1. The number of ketones is 2. The van der Waals surface area contributed by atoms with E-state index in [0.717, 1.165) is 12.0 Å². The molecule has 0 N–H and O–H groups in total. The van der Waals surface area contributed by atoms with E-state index in [0.29, 0.717) is 19.3 Å². The average Bonchev–Trinajstić information content (AvgIpc) is 2.98. The molecule has 24 heavy (non-hydrogen) atoms. The number of carbonyl (C=O) groups excluding carboxylic acids is 2. The van der Waals surface area contributed by atoms with Gasteiger partial charge in [0.2, 0.25) is 0 Å². The molecule has 2 aromatic rings. The molecule has 122 valence electrons. The first-order chi connectivity index (χ1) is 11.6. The van der Waals surface area contributed by atoms with Gasteiger partial charge in [0, 0.05) is 6.42 Å². The summed E-state index contributed by atoms with van der Waals surface area (Å²) in [6.45, 7) is 1.55. The van der Waals surface area contributed by atoms with Crippen LogP contribution in [0.5, 0.6) is 0 Å². The normalized spacial score (nSPS) is 20.6. The fourth-order valence-corrected chi connectivity index (χ4v) is 3.47. The van der Waals surface area contributed by atoms with Crippen molar-refractivity contribution < 1.29 is 9.59 Å². The Balaban J connectivity index is 1.71. The van der Waals surface area contributed by atoms with Crippen LogP contribution in [-0.4, -0.2) is 11.6 Å². The van der Waals surface area contributed by atoms with Crippen LogP contribution >= 0.6 is 0 Å². The van der Waals surface area contributed by atoms with E-state index in [2.05, 4.69) is 36.4 Å². The van der Waals surface area contributed by atoms with Crippen molar-refractivity contribution in [2.45, 2.75) is 32.6 Å². The second-order valence-corrected chi connectivity index (χ2v) is 6.51. The van der Waals surface area contributed by atoms with Crippen LogP contribution in [0.3, 0.4) is 0 Å². The molecule has 0 radical (unpaired) electrons. The Bertz CT molecular complexity index is 756. The standard InChI is InChI=1S/C22H22O2/c1-17(23)22(16-6-10-21(22)24)15-5-7-18-11-13-20(14-12-18)19-8-3-2-4-9-19/h2-5,7-9,11-14H,6,10,15-16H2,1H3/b7-5+.